The lowest BCUT2D eigenvalue weighted by molar-refractivity contribution is -0.127. The number of amides is 1. The monoisotopic (exact) mass is 288 g/mol. The molecular weight excluding hydrogens is 268 g/mol. The minimum atomic E-state index is -3.31. The third-order valence-corrected chi connectivity index (χ3v) is 4.58. The van der Waals surface area contributed by atoms with E-state index >= 15 is 0 Å². The topological polar surface area (TPSA) is 80.5 Å². The first-order chi connectivity index (χ1) is 8.76. The second kappa shape index (κ2) is 6.18. The predicted molar refractivity (Wildman–Crippen MR) is 71.4 cm³/mol. The first-order valence-corrected chi connectivity index (χ1v) is 7.95. The van der Waals surface area contributed by atoms with Crippen LogP contribution in [0.1, 0.15) is 30.4 Å². The van der Waals surface area contributed by atoms with E-state index in [2.05, 4.69) is 5.16 Å². The molecule has 0 saturated heterocycles. The van der Waals surface area contributed by atoms with E-state index in [1.54, 1.807) is 27.8 Å². The van der Waals surface area contributed by atoms with E-state index in [0.29, 0.717) is 24.4 Å². The van der Waals surface area contributed by atoms with Gasteiger partial charge in [0.2, 0.25) is 5.91 Å². The molecule has 0 bridgehead atoms. The van der Waals surface area contributed by atoms with Crippen molar-refractivity contribution < 1.29 is 17.7 Å². The smallest absolute Gasteiger partial charge is 0.237 e. The summed E-state index contributed by atoms with van der Waals surface area (Å²) in [4.78, 5) is 13.3. The van der Waals surface area contributed by atoms with Crippen molar-refractivity contribution in [2.75, 3.05) is 18.6 Å². The highest BCUT2D eigenvalue weighted by Crippen LogP contribution is 2.14. The number of aromatic nitrogens is 1. The van der Waals surface area contributed by atoms with E-state index in [4.69, 9.17) is 4.52 Å². The molecule has 0 fully saturated rings. The van der Waals surface area contributed by atoms with Crippen LogP contribution in [0.2, 0.25) is 0 Å². The van der Waals surface area contributed by atoms with Crippen LogP contribution < -0.4 is 0 Å². The van der Waals surface area contributed by atoms with Crippen LogP contribution in [0.3, 0.4) is 0 Å². The zero-order valence-electron chi connectivity index (χ0n) is 11.8. The Bertz CT molecular complexity index is 529. The highest BCUT2D eigenvalue weighted by Gasteiger charge is 2.20. The number of sulfone groups is 1. The fraction of sp³-hybridized carbons (Fsp3) is 0.667. The molecule has 1 aromatic rings. The number of nitrogens with zero attached hydrogens (tertiary/aromatic N) is 2. The van der Waals surface area contributed by atoms with Gasteiger partial charge in [0.05, 0.1) is 18.0 Å². The van der Waals surface area contributed by atoms with Gasteiger partial charge in [-0.25, -0.2) is 8.42 Å². The van der Waals surface area contributed by atoms with Crippen molar-refractivity contribution in [2.45, 2.75) is 33.7 Å². The van der Waals surface area contributed by atoms with Gasteiger partial charge in [-0.15, -0.1) is 0 Å². The van der Waals surface area contributed by atoms with Gasteiger partial charge in [0, 0.05) is 12.6 Å². The lowest BCUT2D eigenvalue weighted by Gasteiger charge is -2.16. The third kappa shape index (κ3) is 4.34. The van der Waals surface area contributed by atoms with Gasteiger partial charge in [-0.05, 0) is 20.3 Å². The summed E-state index contributed by atoms with van der Waals surface area (Å²) in [7, 11) is -1.73. The van der Waals surface area contributed by atoms with Crippen LogP contribution in [0.25, 0.3) is 0 Å². The molecule has 0 atom stereocenters. The maximum absolute atomic E-state index is 11.9. The molecule has 0 spiro atoms. The summed E-state index contributed by atoms with van der Waals surface area (Å²) in [5.74, 6) is -0.166. The average Bonchev–Trinajstić information content (AvgIpc) is 2.59. The molecule has 1 heterocycles. The molecule has 0 saturated carbocycles. The molecular formula is C12H20N2O4S. The predicted octanol–water partition coefficient (Wildman–Crippen LogP) is 1.07. The van der Waals surface area contributed by atoms with E-state index in [9.17, 15) is 13.2 Å². The molecule has 0 unspecified atom stereocenters. The van der Waals surface area contributed by atoms with E-state index in [1.807, 2.05) is 0 Å². The van der Waals surface area contributed by atoms with Crippen LogP contribution in [0, 0.1) is 13.8 Å². The van der Waals surface area contributed by atoms with Crippen LogP contribution in [0.5, 0.6) is 0 Å². The standard InChI is InChI=1S/C12H20N2O4S/c1-5-6-19(16,17)8-12(15)14(4)7-11-9(2)13-18-10(11)3/h5-8H2,1-4H3. The Labute approximate surface area is 113 Å². The van der Waals surface area contributed by atoms with Crippen molar-refractivity contribution in [1.82, 2.24) is 10.1 Å². The maximum atomic E-state index is 11.9. The maximum Gasteiger partial charge on any atom is 0.237 e. The molecule has 0 N–H and O–H groups in total. The van der Waals surface area contributed by atoms with Crippen molar-refractivity contribution in [3.8, 4) is 0 Å². The molecule has 0 aliphatic heterocycles. The SMILES string of the molecule is CCCS(=O)(=O)CC(=O)N(C)Cc1c(C)noc1C. The quantitative estimate of drug-likeness (QED) is 0.782. The summed E-state index contributed by atoms with van der Waals surface area (Å²) >= 11 is 0. The molecule has 0 aromatic carbocycles. The highest BCUT2D eigenvalue weighted by atomic mass is 32.2. The Hall–Kier alpha value is -1.37. The minimum absolute atomic E-state index is 0.0396. The number of carbonyl (C=O) groups excluding carboxylic acids is 1. The molecule has 0 aliphatic rings. The minimum Gasteiger partial charge on any atom is -0.361 e. The summed E-state index contributed by atoms with van der Waals surface area (Å²) in [5, 5.41) is 3.80. The first kappa shape index (κ1) is 15.7. The van der Waals surface area contributed by atoms with Crippen molar-refractivity contribution in [1.29, 1.82) is 0 Å². The van der Waals surface area contributed by atoms with Crippen molar-refractivity contribution in [2.24, 2.45) is 0 Å². The van der Waals surface area contributed by atoms with E-state index < -0.39 is 21.5 Å². The zero-order valence-corrected chi connectivity index (χ0v) is 12.6. The molecule has 1 rings (SSSR count). The summed E-state index contributed by atoms with van der Waals surface area (Å²) in [6, 6.07) is 0. The Morgan fingerprint density at radius 2 is 2.00 bits per heavy atom. The van der Waals surface area contributed by atoms with Gasteiger partial charge in [0.1, 0.15) is 11.5 Å². The molecule has 1 amide bonds. The summed E-state index contributed by atoms with van der Waals surface area (Å²) in [5.41, 5.74) is 1.54. The molecule has 6 nitrogen and oxygen atoms in total. The number of hydrogen-bond donors (Lipinski definition) is 0. The van der Waals surface area contributed by atoms with Gasteiger partial charge in [-0.1, -0.05) is 12.1 Å². The average molecular weight is 288 g/mol. The lowest BCUT2D eigenvalue weighted by Crippen LogP contribution is -2.33. The summed E-state index contributed by atoms with van der Waals surface area (Å²) in [6.07, 6.45) is 0.517. The first-order valence-electron chi connectivity index (χ1n) is 6.13. The summed E-state index contributed by atoms with van der Waals surface area (Å²) in [6.45, 7) is 5.64. The Morgan fingerprint density at radius 3 is 2.47 bits per heavy atom. The van der Waals surface area contributed by atoms with Crippen LogP contribution >= 0.6 is 0 Å². The Kier molecular flexibility index (Phi) is 5.11. The third-order valence-electron chi connectivity index (χ3n) is 2.86. The summed E-state index contributed by atoms with van der Waals surface area (Å²) < 4.78 is 28.2. The van der Waals surface area contributed by atoms with Crippen LogP contribution in [0.15, 0.2) is 4.52 Å². The van der Waals surface area contributed by atoms with Gasteiger partial charge >= 0.3 is 0 Å². The van der Waals surface area contributed by atoms with Crippen molar-refractivity contribution >= 4 is 15.7 Å². The highest BCUT2D eigenvalue weighted by molar-refractivity contribution is 7.92. The van der Waals surface area contributed by atoms with Crippen molar-refractivity contribution in [3.63, 3.8) is 0 Å². The molecule has 0 radical (unpaired) electrons. The largest absolute Gasteiger partial charge is 0.361 e. The van der Waals surface area contributed by atoms with Crippen molar-refractivity contribution in [3.05, 3.63) is 17.0 Å². The molecule has 19 heavy (non-hydrogen) atoms. The van der Waals surface area contributed by atoms with Gasteiger partial charge in [-0.3, -0.25) is 4.79 Å². The number of rotatable bonds is 6. The van der Waals surface area contributed by atoms with Crippen LogP contribution in [-0.4, -0.2) is 42.9 Å². The lowest BCUT2D eigenvalue weighted by atomic mass is 10.2. The van der Waals surface area contributed by atoms with E-state index in [-0.39, 0.29) is 5.75 Å². The number of aryl methyl sites for hydroxylation is 2. The normalized spacial score (nSPS) is 11.6. The second-order valence-electron chi connectivity index (χ2n) is 4.64. The van der Waals surface area contributed by atoms with E-state index in [0.717, 1.165) is 5.56 Å². The zero-order chi connectivity index (χ0) is 14.6. The number of carbonyl (C=O) groups is 1. The molecule has 108 valence electrons. The molecule has 1 aromatic heterocycles. The van der Waals surface area contributed by atoms with Crippen LogP contribution in [-0.2, 0) is 21.2 Å². The van der Waals surface area contributed by atoms with E-state index in [1.165, 1.54) is 4.90 Å². The fourth-order valence-corrected chi connectivity index (χ4v) is 3.10. The Balaban J connectivity index is 2.69. The second-order valence-corrected chi connectivity index (χ2v) is 6.83. The van der Waals surface area contributed by atoms with Gasteiger partial charge < -0.3 is 9.42 Å². The van der Waals surface area contributed by atoms with Crippen LogP contribution in [0.4, 0.5) is 0 Å². The van der Waals surface area contributed by atoms with Gasteiger partial charge in [0.25, 0.3) is 0 Å². The number of hydrogen-bond acceptors (Lipinski definition) is 5. The fourth-order valence-electron chi connectivity index (χ4n) is 1.73. The van der Waals surface area contributed by atoms with Gasteiger partial charge in [0.15, 0.2) is 9.84 Å². The molecule has 7 heteroatoms. The molecule has 0 aliphatic carbocycles. The van der Waals surface area contributed by atoms with Gasteiger partial charge in [-0.2, -0.15) is 0 Å². The Morgan fingerprint density at radius 1 is 1.37 bits per heavy atom.